The number of hydrogen-bond acceptors (Lipinski definition) is 4. The van der Waals surface area contributed by atoms with Crippen LogP contribution in [0.15, 0.2) is 52.7 Å². The van der Waals surface area contributed by atoms with E-state index >= 15 is 0 Å². The van der Waals surface area contributed by atoms with Gasteiger partial charge in [0.05, 0.1) is 23.0 Å². The summed E-state index contributed by atoms with van der Waals surface area (Å²) in [4.78, 5) is 18.9. The van der Waals surface area contributed by atoms with Crippen LogP contribution >= 0.6 is 12.6 Å². The van der Waals surface area contributed by atoms with Crippen LogP contribution in [0.25, 0.3) is 0 Å². The largest absolute Gasteiger partial charge is 0.354 e. The lowest BCUT2D eigenvalue weighted by Gasteiger charge is -2.46. The summed E-state index contributed by atoms with van der Waals surface area (Å²) in [5.74, 6) is -3.61. The summed E-state index contributed by atoms with van der Waals surface area (Å²) in [6, 6.07) is 7.70. The number of aliphatic imine (C=N–C) groups is 1. The minimum absolute atomic E-state index is 0.0373. The molecule has 2 aliphatic heterocycles. The van der Waals surface area contributed by atoms with Gasteiger partial charge in [-0.25, -0.2) is 17.6 Å². The summed E-state index contributed by atoms with van der Waals surface area (Å²) in [6.07, 6.45) is 2.18. The molecule has 33 heavy (non-hydrogen) atoms. The minimum Gasteiger partial charge on any atom is -0.354 e. The van der Waals surface area contributed by atoms with Gasteiger partial charge >= 0.3 is 0 Å². The molecule has 0 spiro atoms. The minimum atomic E-state index is -1.33. The molecule has 0 radical (unpaired) electrons. The third-order valence-corrected chi connectivity index (χ3v) is 6.94. The number of rotatable bonds is 5. The highest BCUT2D eigenvalue weighted by molar-refractivity contribution is 7.97. The molecule has 2 aliphatic rings. The maximum absolute atomic E-state index is 14.4. The molecule has 4 rings (SSSR count). The first-order chi connectivity index (χ1) is 15.7. The summed E-state index contributed by atoms with van der Waals surface area (Å²) in [5.41, 5.74) is 0.137. The first-order valence-corrected chi connectivity index (χ1v) is 11.0. The van der Waals surface area contributed by atoms with Crippen molar-refractivity contribution in [3.8, 4) is 0 Å². The van der Waals surface area contributed by atoms with E-state index in [2.05, 4.69) is 22.9 Å². The molecule has 0 aliphatic carbocycles. The Labute approximate surface area is 194 Å². The van der Waals surface area contributed by atoms with Crippen molar-refractivity contribution >= 4 is 29.6 Å². The predicted octanol–water partition coefficient (Wildman–Crippen LogP) is 5.09. The van der Waals surface area contributed by atoms with Crippen LogP contribution in [0.3, 0.4) is 0 Å². The highest BCUT2D eigenvalue weighted by atomic mass is 32.1. The third-order valence-electron chi connectivity index (χ3n) is 6.46. The number of halogens is 4. The lowest BCUT2D eigenvalue weighted by atomic mass is 9.83. The monoisotopic (exact) mass is 477 g/mol. The van der Waals surface area contributed by atoms with Gasteiger partial charge in [0.15, 0.2) is 11.6 Å². The zero-order valence-corrected chi connectivity index (χ0v) is 18.8. The van der Waals surface area contributed by atoms with Gasteiger partial charge in [0.25, 0.3) is 0 Å². The van der Waals surface area contributed by atoms with E-state index < -0.39 is 28.7 Å². The Kier molecular flexibility index (Phi) is 6.63. The zero-order chi connectivity index (χ0) is 23.8. The van der Waals surface area contributed by atoms with Crippen molar-refractivity contribution in [3.05, 3.63) is 76.5 Å². The highest BCUT2D eigenvalue weighted by Crippen LogP contribution is 2.38. The van der Waals surface area contributed by atoms with Crippen LogP contribution in [-0.2, 0) is 4.79 Å². The predicted molar refractivity (Wildman–Crippen MR) is 123 cm³/mol. The smallest absolute Gasteiger partial charge is 0.182 e. The normalized spacial score (nSPS) is 22.3. The zero-order valence-electron chi connectivity index (χ0n) is 17.9. The molecule has 1 N–H and O–H groups in total. The Morgan fingerprint density at radius 3 is 2.39 bits per heavy atom. The maximum Gasteiger partial charge on any atom is 0.182 e. The van der Waals surface area contributed by atoms with Gasteiger partial charge in [-0.2, -0.15) is 0 Å². The molecule has 1 atom stereocenters. The number of nitrogens with one attached hydrogen (secondary N) is 1. The van der Waals surface area contributed by atoms with Gasteiger partial charge in [-0.05, 0) is 43.4 Å². The standard InChI is InChI=1S/C24H23F4N3OS/c1-14-22(30-20-11-18(26)10-19(27)21(20)28)24(13-32,12-29-23(14)33)31-8-6-16(7-9-31)15-2-4-17(25)5-3-15/h2-5,10-11,13,16,30H,6-9,12H2,1H3,(H,29,33). The van der Waals surface area contributed by atoms with E-state index in [1.165, 1.54) is 12.1 Å². The SMILES string of the molecule is CC1=C(Nc2cc(F)cc(F)c2F)C(C=O)(N2CCC(c3ccc(F)cc3)CC2)CN=C1S. The molecule has 174 valence electrons. The van der Waals surface area contributed by atoms with Crippen LogP contribution in [-0.4, -0.2) is 41.4 Å². The first kappa shape index (κ1) is 23.5. The average Bonchev–Trinajstić information content (AvgIpc) is 2.81. The summed E-state index contributed by atoms with van der Waals surface area (Å²) in [5, 5.41) is 3.13. The second-order valence-electron chi connectivity index (χ2n) is 8.37. The quantitative estimate of drug-likeness (QED) is 0.273. The number of hydrogen-bond donors (Lipinski definition) is 2. The van der Waals surface area contributed by atoms with Crippen molar-refractivity contribution < 1.29 is 22.4 Å². The van der Waals surface area contributed by atoms with Crippen molar-refractivity contribution in [3.63, 3.8) is 0 Å². The number of thiol groups is 1. The molecule has 0 bridgehead atoms. The van der Waals surface area contributed by atoms with Crippen molar-refractivity contribution in [2.24, 2.45) is 4.99 Å². The van der Waals surface area contributed by atoms with E-state index in [1.54, 1.807) is 19.1 Å². The number of aldehydes is 1. The van der Waals surface area contributed by atoms with Crippen LogP contribution < -0.4 is 5.32 Å². The fourth-order valence-electron chi connectivity index (χ4n) is 4.59. The highest BCUT2D eigenvalue weighted by Gasteiger charge is 2.45. The molecular formula is C24H23F4N3OS. The summed E-state index contributed by atoms with van der Waals surface area (Å²) < 4.78 is 55.3. The number of anilines is 1. The van der Waals surface area contributed by atoms with Gasteiger partial charge in [0.2, 0.25) is 0 Å². The molecule has 1 saturated heterocycles. The maximum atomic E-state index is 14.4. The lowest BCUT2D eigenvalue weighted by Crippen LogP contribution is -2.59. The second kappa shape index (κ2) is 9.30. The fraction of sp³-hybridized carbons (Fsp3) is 0.333. The molecular weight excluding hydrogens is 454 g/mol. The Morgan fingerprint density at radius 1 is 1.09 bits per heavy atom. The number of benzene rings is 2. The van der Waals surface area contributed by atoms with Gasteiger partial charge in [-0.15, -0.1) is 12.6 Å². The Morgan fingerprint density at radius 2 is 1.76 bits per heavy atom. The van der Waals surface area contributed by atoms with Crippen LogP contribution in [0, 0.1) is 23.3 Å². The van der Waals surface area contributed by atoms with E-state index in [4.69, 9.17) is 0 Å². The van der Waals surface area contributed by atoms with Crippen molar-refractivity contribution in [1.82, 2.24) is 4.90 Å². The first-order valence-electron chi connectivity index (χ1n) is 10.6. The van der Waals surface area contributed by atoms with Gasteiger partial charge in [0.1, 0.15) is 23.5 Å². The van der Waals surface area contributed by atoms with Crippen LogP contribution in [0.5, 0.6) is 0 Å². The fourth-order valence-corrected chi connectivity index (χ4v) is 4.77. The van der Waals surface area contributed by atoms with Crippen molar-refractivity contribution in [2.75, 3.05) is 25.0 Å². The number of nitrogens with zero attached hydrogens (tertiary/aromatic N) is 2. The number of carbonyl (C=O) groups is 1. The molecule has 2 aromatic rings. The molecule has 2 heterocycles. The molecule has 1 fully saturated rings. The summed E-state index contributed by atoms with van der Waals surface area (Å²) in [7, 11) is 0. The number of carbonyl (C=O) groups excluding carboxylic acids is 1. The van der Waals surface area contributed by atoms with E-state index in [-0.39, 0.29) is 18.3 Å². The Balaban J connectivity index is 1.64. The molecule has 1 unspecified atom stereocenters. The topological polar surface area (TPSA) is 44.7 Å². The lowest BCUT2D eigenvalue weighted by molar-refractivity contribution is -0.116. The Hall–Kier alpha value is -2.65. The van der Waals surface area contributed by atoms with Crippen molar-refractivity contribution in [2.45, 2.75) is 31.2 Å². The van der Waals surface area contributed by atoms with Gasteiger partial charge in [-0.3, -0.25) is 9.89 Å². The van der Waals surface area contributed by atoms with Crippen LogP contribution in [0.1, 0.15) is 31.2 Å². The second-order valence-corrected chi connectivity index (χ2v) is 8.79. The summed E-state index contributed by atoms with van der Waals surface area (Å²) in [6.45, 7) is 2.76. The molecule has 9 heteroatoms. The molecule has 4 nitrogen and oxygen atoms in total. The molecule has 2 aromatic carbocycles. The third kappa shape index (κ3) is 4.44. The molecule has 0 saturated carbocycles. The van der Waals surface area contributed by atoms with Gasteiger partial charge < -0.3 is 10.1 Å². The molecule has 0 aromatic heterocycles. The summed E-state index contributed by atoms with van der Waals surface area (Å²) >= 11 is 4.34. The number of dihydropyridines is 1. The van der Waals surface area contributed by atoms with Gasteiger partial charge in [-0.1, -0.05) is 12.1 Å². The van der Waals surface area contributed by atoms with E-state index in [0.29, 0.717) is 48.3 Å². The van der Waals surface area contributed by atoms with E-state index in [0.717, 1.165) is 17.9 Å². The van der Waals surface area contributed by atoms with Crippen LogP contribution in [0.2, 0.25) is 0 Å². The number of piperidine rings is 1. The Bertz CT molecular complexity index is 1130. The van der Waals surface area contributed by atoms with Crippen LogP contribution in [0.4, 0.5) is 23.2 Å². The van der Waals surface area contributed by atoms with E-state index in [1.807, 2.05) is 4.90 Å². The van der Waals surface area contributed by atoms with Crippen molar-refractivity contribution in [1.29, 1.82) is 0 Å². The van der Waals surface area contributed by atoms with Gasteiger partial charge in [0, 0.05) is 30.8 Å². The van der Waals surface area contributed by atoms with E-state index in [9.17, 15) is 22.4 Å². The molecule has 0 amide bonds. The number of likely N-dealkylation sites (tertiary alicyclic amines) is 1. The average molecular weight is 478 g/mol.